The molecule has 7 heteroatoms. The number of amides is 2. The zero-order chi connectivity index (χ0) is 19.1. The topological polar surface area (TPSA) is 85.2 Å². The van der Waals surface area contributed by atoms with E-state index in [0.717, 1.165) is 10.9 Å². The predicted molar refractivity (Wildman–Crippen MR) is 103 cm³/mol. The Hall–Kier alpha value is -3.19. The van der Waals surface area contributed by atoms with Gasteiger partial charge in [0, 0.05) is 19.0 Å². The van der Waals surface area contributed by atoms with E-state index in [9.17, 15) is 9.59 Å². The van der Waals surface area contributed by atoms with Crippen molar-refractivity contribution in [2.45, 2.75) is 19.6 Å². The van der Waals surface area contributed by atoms with Crippen LogP contribution in [0.5, 0.6) is 0 Å². The largest absolute Gasteiger partial charge is 0.383 e. The average molecular weight is 366 g/mol. The quantitative estimate of drug-likeness (QED) is 0.670. The van der Waals surface area contributed by atoms with E-state index in [1.54, 1.807) is 13.2 Å². The maximum Gasteiger partial charge on any atom is 0.315 e. The van der Waals surface area contributed by atoms with E-state index in [1.165, 1.54) is 4.68 Å². The maximum atomic E-state index is 12.5. The van der Waals surface area contributed by atoms with E-state index in [0.29, 0.717) is 30.8 Å². The molecule has 0 aliphatic heterocycles. The first-order valence-corrected chi connectivity index (χ1v) is 8.72. The van der Waals surface area contributed by atoms with Crippen LogP contribution in [0.15, 0.2) is 59.4 Å². The molecule has 0 fully saturated rings. The summed E-state index contributed by atoms with van der Waals surface area (Å²) in [4.78, 5) is 24.6. The summed E-state index contributed by atoms with van der Waals surface area (Å²) in [5.74, 6) is 0. The summed E-state index contributed by atoms with van der Waals surface area (Å²) in [7, 11) is 1.58. The van der Waals surface area contributed by atoms with Gasteiger partial charge in [-0.1, -0.05) is 48.5 Å². The fraction of sp³-hybridized carbons (Fsp3) is 0.250. The van der Waals surface area contributed by atoms with Crippen LogP contribution in [0.2, 0.25) is 0 Å². The number of hydrogen-bond acceptors (Lipinski definition) is 4. The highest BCUT2D eigenvalue weighted by Crippen LogP contribution is 2.13. The summed E-state index contributed by atoms with van der Waals surface area (Å²) in [6.45, 7) is 1.39. The Morgan fingerprint density at radius 2 is 1.67 bits per heavy atom. The van der Waals surface area contributed by atoms with Crippen LogP contribution in [-0.4, -0.2) is 29.5 Å². The molecule has 0 aliphatic rings. The van der Waals surface area contributed by atoms with Crippen molar-refractivity contribution in [3.8, 4) is 0 Å². The molecule has 7 nitrogen and oxygen atoms in total. The zero-order valence-corrected chi connectivity index (χ0v) is 15.1. The second kappa shape index (κ2) is 8.95. The first kappa shape index (κ1) is 18.6. The highest BCUT2D eigenvalue weighted by Gasteiger charge is 2.11. The first-order chi connectivity index (χ1) is 13.2. The minimum absolute atomic E-state index is 0.167. The van der Waals surface area contributed by atoms with Gasteiger partial charge in [-0.15, -0.1) is 0 Å². The molecule has 3 rings (SSSR count). The van der Waals surface area contributed by atoms with E-state index in [1.807, 2.05) is 48.5 Å². The molecule has 3 aromatic rings. The lowest BCUT2D eigenvalue weighted by Crippen LogP contribution is -2.35. The highest BCUT2D eigenvalue weighted by atomic mass is 16.5. The van der Waals surface area contributed by atoms with Crippen LogP contribution in [-0.2, 0) is 24.4 Å². The average Bonchev–Trinajstić information content (AvgIpc) is 2.72. The number of nitrogens with zero attached hydrogens (tertiary/aromatic N) is 2. The summed E-state index contributed by atoms with van der Waals surface area (Å²) in [5, 5.41) is 11.3. The summed E-state index contributed by atoms with van der Waals surface area (Å²) < 4.78 is 6.43. The normalized spacial score (nSPS) is 10.7. The number of methoxy groups -OCH3 is 1. The standard InChI is InChI=1S/C20H22N4O3/c1-27-12-11-24-19(25)17-10-6-5-9-16(17)18(23-24)14-22-20(26)21-13-15-7-3-2-4-8-15/h2-10H,11-14H2,1H3,(H2,21,22,26). The van der Waals surface area contributed by atoms with Crippen molar-refractivity contribution in [1.82, 2.24) is 20.4 Å². The van der Waals surface area contributed by atoms with Gasteiger partial charge in [-0.3, -0.25) is 4.79 Å². The minimum atomic E-state index is -0.292. The van der Waals surface area contributed by atoms with Crippen molar-refractivity contribution >= 4 is 16.8 Å². The van der Waals surface area contributed by atoms with Crippen molar-refractivity contribution in [3.05, 3.63) is 76.2 Å². The Morgan fingerprint density at radius 3 is 2.41 bits per heavy atom. The summed E-state index contributed by atoms with van der Waals surface area (Å²) in [6.07, 6.45) is 0. The van der Waals surface area contributed by atoms with Gasteiger partial charge in [0.1, 0.15) is 0 Å². The second-order valence-electron chi connectivity index (χ2n) is 6.04. The molecule has 0 spiro atoms. The number of aromatic nitrogens is 2. The van der Waals surface area contributed by atoms with Gasteiger partial charge in [0.15, 0.2) is 0 Å². The molecule has 140 valence electrons. The molecule has 27 heavy (non-hydrogen) atoms. The van der Waals surface area contributed by atoms with Crippen LogP contribution in [0.4, 0.5) is 4.79 Å². The summed E-state index contributed by atoms with van der Waals surface area (Å²) >= 11 is 0. The molecule has 0 saturated carbocycles. The van der Waals surface area contributed by atoms with Gasteiger partial charge < -0.3 is 15.4 Å². The second-order valence-corrected chi connectivity index (χ2v) is 6.04. The van der Waals surface area contributed by atoms with Crippen molar-refractivity contribution in [2.24, 2.45) is 0 Å². The molecule has 0 aliphatic carbocycles. The molecule has 0 radical (unpaired) electrons. The number of fused-ring (bicyclic) bond motifs is 1. The molecule has 0 saturated heterocycles. The van der Waals surface area contributed by atoms with Crippen LogP contribution >= 0.6 is 0 Å². The first-order valence-electron chi connectivity index (χ1n) is 8.72. The highest BCUT2D eigenvalue weighted by molar-refractivity contribution is 5.84. The molecular formula is C20H22N4O3. The van der Waals surface area contributed by atoms with Crippen molar-refractivity contribution in [1.29, 1.82) is 0 Å². The van der Waals surface area contributed by atoms with Gasteiger partial charge >= 0.3 is 6.03 Å². The van der Waals surface area contributed by atoms with Crippen LogP contribution < -0.4 is 16.2 Å². The maximum absolute atomic E-state index is 12.5. The Balaban J connectivity index is 1.72. The number of nitrogens with one attached hydrogen (secondary N) is 2. The number of carbonyl (C=O) groups excluding carboxylic acids is 1. The smallest absolute Gasteiger partial charge is 0.315 e. The van der Waals surface area contributed by atoms with Crippen LogP contribution in [0, 0.1) is 0 Å². The monoisotopic (exact) mass is 366 g/mol. The van der Waals surface area contributed by atoms with E-state index in [-0.39, 0.29) is 18.1 Å². The lowest BCUT2D eigenvalue weighted by molar-refractivity contribution is 0.181. The van der Waals surface area contributed by atoms with Crippen LogP contribution in [0.1, 0.15) is 11.3 Å². The van der Waals surface area contributed by atoms with Crippen LogP contribution in [0.3, 0.4) is 0 Å². The zero-order valence-electron chi connectivity index (χ0n) is 15.1. The lowest BCUT2D eigenvalue weighted by Gasteiger charge is -2.12. The number of rotatable bonds is 7. The number of benzene rings is 2. The Morgan fingerprint density at radius 1 is 1.00 bits per heavy atom. The fourth-order valence-electron chi connectivity index (χ4n) is 2.77. The van der Waals surface area contributed by atoms with Gasteiger partial charge in [0.25, 0.3) is 5.56 Å². The van der Waals surface area contributed by atoms with Gasteiger partial charge in [-0.25, -0.2) is 9.48 Å². The number of ether oxygens (including phenoxy) is 1. The van der Waals surface area contributed by atoms with E-state index < -0.39 is 0 Å². The van der Waals surface area contributed by atoms with Crippen LogP contribution in [0.25, 0.3) is 10.8 Å². The molecule has 2 N–H and O–H groups in total. The fourth-order valence-corrected chi connectivity index (χ4v) is 2.77. The molecule has 1 aromatic heterocycles. The summed E-state index contributed by atoms with van der Waals surface area (Å²) in [6, 6.07) is 16.6. The summed E-state index contributed by atoms with van der Waals surface area (Å²) in [5.41, 5.74) is 1.49. The molecule has 0 unspecified atom stereocenters. The number of hydrogen-bond donors (Lipinski definition) is 2. The molecule has 2 amide bonds. The van der Waals surface area contributed by atoms with E-state index >= 15 is 0 Å². The van der Waals surface area contributed by atoms with Gasteiger partial charge in [0.2, 0.25) is 0 Å². The van der Waals surface area contributed by atoms with Crippen molar-refractivity contribution in [3.63, 3.8) is 0 Å². The third-order valence-electron chi connectivity index (χ3n) is 4.16. The van der Waals surface area contributed by atoms with Crippen molar-refractivity contribution < 1.29 is 9.53 Å². The number of urea groups is 1. The minimum Gasteiger partial charge on any atom is -0.383 e. The van der Waals surface area contributed by atoms with Gasteiger partial charge in [0.05, 0.1) is 30.8 Å². The van der Waals surface area contributed by atoms with E-state index in [2.05, 4.69) is 15.7 Å². The third-order valence-corrected chi connectivity index (χ3v) is 4.16. The van der Waals surface area contributed by atoms with Crippen molar-refractivity contribution in [2.75, 3.05) is 13.7 Å². The Kier molecular flexibility index (Phi) is 6.17. The third kappa shape index (κ3) is 4.71. The Labute approximate surface area is 157 Å². The number of carbonyl (C=O) groups is 1. The van der Waals surface area contributed by atoms with Gasteiger partial charge in [-0.2, -0.15) is 5.10 Å². The van der Waals surface area contributed by atoms with Gasteiger partial charge in [-0.05, 0) is 11.6 Å². The molecule has 0 bridgehead atoms. The predicted octanol–water partition coefficient (Wildman–Crippen LogP) is 2.04. The molecule has 1 heterocycles. The molecule has 2 aromatic carbocycles. The van der Waals surface area contributed by atoms with E-state index in [4.69, 9.17) is 4.74 Å². The molecular weight excluding hydrogens is 344 g/mol. The SMILES string of the molecule is COCCn1nc(CNC(=O)NCc2ccccc2)c2ccccc2c1=O. The molecule has 0 atom stereocenters. The Bertz CT molecular complexity index is 970. The lowest BCUT2D eigenvalue weighted by atomic mass is 10.1.